The number of rotatable bonds is 4. The van der Waals surface area contributed by atoms with Gasteiger partial charge in [0.2, 0.25) is 0 Å². The molecule has 28 heavy (non-hydrogen) atoms. The molecule has 3 aromatic rings. The predicted octanol–water partition coefficient (Wildman–Crippen LogP) is 5.95. The van der Waals surface area contributed by atoms with Crippen molar-refractivity contribution in [3.05, 3.63) is 87.2 Å². The molecule has 0 aliphatic rings. The van der Waals surface area contributed by atoms with E-state index in [0.717, 1.165) is 22.6 Å². The van der Waals surface area contributed by atoms with Gasteiger partial charge in [0.05, 0.1) is 10.7 Å². The SMILES string of the molecule is Cc1cc(/C=C(/C#N)C(=O)Nc2ccccc2)c(C)n1-c1ccc(Cl)cc1Cl. The first-order valence-electron chi connectivity index (χ1n) is 8.53. The third-order valence-electron chi connectivity index (χ3n) is 4.32. The van der Waals surface area contributed by atoms with E-state index in [4.69, 9.17) is 23.2 Å². The van der Waals surface area contributed by atoms with E-state index in [0.29, 0.717) is 15.7 Å². The van der Waals surface area contributed by atoms with E-state index in [2.05, 4.69) is 5.32 Å². The largest absolute Gasteiger partial charge is 0.321 e. The number of nitriles is 1. The van der Waals surface area contributed by atoms with Crippen molar-refractivity contribution in [2.75, 3.05) is 5.32 Å². The highest BCUT2D eigenvalue weighted by Crippen LogP contribution is 2.29. The van der Waals surface area contributed by atoms with Gasteiger partial charge in [-0.1, -0.05) is 41.4 Å². The van der Waals surface area contributed by atoms with E-state index in [9.17, 15) is 10.1 Å². The van der Waals surface area contributed by atoms with Crippen LogP contribution in [0.5, 0.6) is 0 Å². The molecule has 0 spiro atoms. The lowest BCUT2D eigenvalue weighted by molar-refractivity contribution is -0.112. The molecule has 0 saturated carbocycles. The molecular formula is C22H17Cl2N3O. The van der Waals surface area contributed by atoms with Crippen LogP contribution >= 0.6 is 23.2 Å². The van der Waals surface area contributed by atoms with E-state index < -0.39 is 5.91 Å². The minimum atomic E-state index is -0.456. The number of nitrogens with one attached hydrogen (secondary N) is 1. The minimum Gasteiger partial charge on any atom is -0.321 e. The topological polar surface area (TPSA) is 57.8 Å². The van der Waals surface area contributed by atoms with Crippen LogP contribution in [0.15, 0.2) is 60.2 Å². The number of hydrogen-bond acceptors (Lipinski definition) is 2. The highest BCUT2D eigenvalue weighted by molar-refractivity contribution is 6.35. The number of nitrogens with zero attached hydrogens (tertiary/aromatic N) is 2. The zero-order valence-electron chi connectivity index (χ0n) is 15.3. The Morgan fingerprint density at radius 2 is 1.82 bits per heavy atom. The molecule has 0 aliphatic carbocycles. The van der Waals surface area contributed by atoms with E-state index in [1.165, 1.54) is 0 Å². The summed E-state index contributed by atoms with van der Waals surface area (Å²) in [7, 11) is 0. The molecule has 140 valence electrons. The quantitative estimate of drug-likeness (QED) is 0.427. The molecular weight excluding hydrogens is 393 g/mol. The summed E-state index contributed by atoms with van der Waals surface area (Å²) in [6, 6.07) is 18.2. The summed E-state index contributed by atoms with van der Waals surface area (Å²) < 4.78 is 1.97. The van der Waals surface area contributed by atoms with Crippen LogP contribution in [0.1, 0.15) is 17.0 Å². The average molecular weight is 410 g/mol. The fourth-order valence-electron chi connectivity index (χ4n) is 2.99. The van der Waals surface area contributed by atoms with Crippen LogP contribution in [0, 0.1) is 25.2 Å². The summed E-state index contributed by atoms with van der Waals surface area (Å²) in [6.45, 7) is 3.85. The Morgan fingerprint density at radius 3 is 2.46 bits per heavy atom. The van der Waals surface area contributed by atoms with Crippen LogP contribution in [-0.4, -0.2) is 10.5 Å². The Bertz CT molecular complexity index is 1110. The van der Waals surface area contributed by atoms with Crippen LogP contribution in [0.25, 0.3) is 11.8 Å². The zero-order chi connectivity index (χ0) is 20.3. The Hall–Kier alpha value is -3.00. The van der Waals surface area contributed by atoms with Gasteiger partial charge in [0.1, 0.15) is 11.6 Å². The second kappa shape index (κ2) is 8.35. The lowest BCUT2D eigenvalue weighted by atomic mass is 10.1. The molecule has 1 aromatic heterocycles. The van der Waals surface area contributed by atoms with Crippen LogP contribution in [0.3, 0.4) is 0 Å². The Morgan fingerprint density at radius 1 is 1.11 bits per heavy atom. The van der Waals surface area contributed by atoms with Crippen molar-refractivity contribution in [1.29, 1.82) is 5.26 Å². The van der Waals surface area contributed by atoms with E-state index in [-0.39, 0.29) is 5.57 Å². The second-order valence-electron chi connectivity index (χ2n) is 6.25. The maximum Gasteiger partial charge on any atom is 0.266 e. The van der Waals surface area contributed by atoms with Gasteiger partial charge in [-0.25, -0.2) is 0 Å². The lowest BCUT2D eigenvalue weighted by Gasteiger charge is -2.12. The zero-order valence-corrected chi connectivity index (χ0v) is 16.8. The summed E-state index contributed by atoms with van der Waals surface area (Å²) in [5, 5.41) is 13.3. The Labute approximate surface area is 173 Å². The molecule has 6 heteroatoms. The average Bonchev–Trinajstić information content (AvgIpc) is 2.94. The number of aromatic nitrogens is 1. The molecule has 0 atom stereocenters. The Kier molecular flexibility index (Phi) is 5.89. The van der Waals surface area contributed by atoms with Crippen molar-refractivity contribution in [2.24, 2.45) is 0 Å². The first kappa shape index (κ1) is 19.8. The van der Waals surface area contributed by atoms with Crippen molar-refractivity contribution in [2.45, 2.75) is 13.8 Å². The molecule has 1 N–H and O–H groups in total. The van der Waals surface area contributed by atoms with Crippen molar-refractivity contribution in [3.8, 4) is 11.8 Å². The van der Waals surface area contributed by atoms with Gasteiger partial charge >= 0.3 is 0 Å². The first-order valence-corrected chi connectivity index (χ1v) is 9.29. The molecule has 0 fully saturated rings. The summed E-state index contributed by atoms with van der Waals surface area (Å²) in [6.07, 6.45) is 1.58. The molecule has 0 unspecified atom stereocenters. The highest BCUT2D eigenvalue weighted by Gasteiger charge is 2.15. The van der Waals surface area contributed by atoms with E-state index in [1.54, 1.807) is 30.3 Å². The first-order chi connectivity index (χ1) is 13.4. The molecule has 0 aliphatic heterocycles. The van der Waals surface area contributed by atoms with Gasteiger partial charge in [0, 0.05) is 22.1 Å². The summed E-state index contributed by atoms with van der Waals surface area (Å²) >= 11 is 12.3. The maximum atomic E-state index is 12.5. The van der Waals surface area contributed by atoms with Gasteiger partial charge in [-0.3, -0.25) is 4.79 Å². The number of benzene rings is 2. The number of halogens is 2. The fourth-order valence-corrected chi connectivity index (χ4v) is 3.48. The van der Waals surface area contributed by atoms with Gasteiger partial charge < -0.3 is 9.88 Å². The third kappa shape index (κ3) is 4.12. The van der Waals surface area contributed by atoms with Gasteiger partial charge in [-0.15, -0.1) is 0 Å². The Balaban J connectivity index is 1.97. The molecule has 3 rings (SSSR count). The normalized spacial score (nSPS) is 11.2. The van der Waals surface area contributed by atoms with Crippen LogP contribution in [0.2, 0.25) is 10.0 Å². The molecule has 4 nitrogen and oxygen atoms in total. The van der Waals surface area contributed by atoms with E-state index >= 15 is 0 Å². The smallest absolute Gasteiger partial charge is 0.266 e. The number of hydrogen-bond donors (Lipinski definition) is 1. The number of carbonyl (C=O) groups excluding carboxylic acids is 1. The number of carbonyl (C=O) groups is 1. The molecule has 1 amide bonds. The maximum absolute atomic E-state index is 12.5. The van der Waals surface area contributed by atoms with Gasteiger partial charge in [0.15, 0.2) is 0 Å². The number of amides is 1. The molecule has 0 bridgehead atoms. The monoisotopic (exact) mass is 409 g/mol. The number of para-hydroxylation sites is 1. The summed E-state index contributed by atoms with van der Waals surface area (Å²) in [5.41, 5.74) is 3.99. The fraction of sp³-hybridized carbons (Fsp3) is 0.0909. The standard InChI is InChI=1S/C22H17Cl2N3O/c1-14-10-16(15(2)27(14)21-9-8-18(23)12-20(21)24)11-17(13-25)22(28)26-19-6-4-3-5-7-19/h3-12H,1-2H3,(H,26,28)/b17-11-. The van der Waals surface area contributed by atoms with Crippen LogP contribution in [-0.2, 0) is 4.79 Å². The summed E-state index contributed by atoms with van der Waals surface area (Å²) in [4.78, 5) is 12.5. The highest BCUT2D eigenvalue weighted by atomic mass is 35.5. The van der Waals surface area contributed by atoms with Crippen molar-refractivity contribution in [1.82, 2.24) is 4.57 Å². The van der Waals surface area contributed by atoms with Crippen molar-refractivity contribution >= 4 is 40.9 Å². The van der Waals surface area contributed by atoms with Crippen molar-refractivity contribution in [3.63, 3.8) is 0 Å². The van der Waals surface area contributed by atoms with E-state index in [1.807, 2.05) is 54.8 Å². The molecule has 1 heterocycles. The second-order valence-corrected chi connectivity index (χ2v) is 7.09. The van der Waals surface area contributed by atoms with Gasteiger partial charge in [0.25, 0.3) is 5.91 Å². The van der Waals surface area contributed by atoms with Crippen molar-refractivity contribution < 1.29 is 4.79 Å². The third-order valence-corrected chi connectivity index (χ3v) is 4.86. The number of anilines is 1. The van der Waals surface area contributed by atoms with Gasteiger partial charge in [-0.2, -0.15) is 5.26 Å². The lowest BCUT2D eigenvalue weighted by Crippen LogP contribution is -2.13. The number of aryl methyl sites for hydroxylation is 1. The van der Waals surface area contributed by atoms with Crippen LogP contribution < -0.4 is 5.32 Å². The molecule has 2 aromatic carbocycles. The van der Waals surface area contributed by atoms with Gasteiger partial charge in [-0.05, 0) is 61.9 Å². The summed E-state index contributed by atoms with van der Waals surface area (Å²) in [5.74, 6) is -0.456. The molecule has 0 radical (unpaired) electrons. The predicted molar refractivity (Wildman–Crippen MR) is 114 cm³/mol. The minimum absolute atomic E-state index is 0.0197. The van der Waals surface area contributed by atoms with Crippen LogP contribution in [0.4, 0.5) is 5.69 Å². The molecule has 0 saturated heterocycles.